The number of nitrogens with one attached hydrogen (secondary N) is 1. The molecule has 7 heteroatoms. The highest BCUT2D eigenvalue weighted by Crippen LogP contribution is 2.23. The second-order valence-corrected chi connectivity index (χ2v) is 6.15. The van der Waals surface area contributed by atoms with E-state index in [1.54, 1.807) is 24.0 Å². The van der Waals surface area contributed by atoms with Gasteiger partial charge in [0.1, 0.15) is 0 Å². The fraction of sp³-hybridized carbons (Fsp3) is 0.312. The average molecular weight is 378 g/mol. The molecule has 0 aliphatic carbocycles. The zero-order valence-corrected chi connectivity index (χ0v) is 14.2. The van der Waals surface area contributed by atoms with Gasteiger partial charge in [-0.3, -0.25) is 9.89 Å². The van der Waals surface area contributed by atoms with Crippen LogP contribution in [-0.4, -0.2) is 40.1 Å². The second kappa shape index (κ2) is 6.54. The Balaban J connectivity index is 1.83. The molecule has 1 aromatic carbocycles. The summed E-state index contributed by atoms with van der Waals surface area (Å²) < 4.78 is 5.88. The summed E-state index contributed by atoms with van der Waals surface area (Å²) in [4.78, 5) is 26.3. The molecule has 0 spiro atoms. The molecule has 1 amide bonds. The van der Waals surface area contributed by atoms with Gasteiger partial charge in [-0.05, 0) is 25.1 Å². The Morgan fingerprint density at radius 1 is 1.43 bits per heavy atom. The van der Waals surface area contributed by atoms with Gasteiger partial charge in [-0.1, -0.05) is 22.0 Å². The van der Waals surface area contributed by atoms with E-state index in [2.05, 4.69) is 26.1 Å². The highest BCUT2D eigenvalue weighted by Gasteiger charge is 2.28. The van der Waals surface area contributed by atoms with Gasteiger partial charge in [0, 0.05) is 34.3 Å². The minimum absolute atomic E-state index is 0.0621. The van der Waals surface area contributed by atoms with E-state index in [1.165, 1.54) is 0 Å². The molecule has 0 unspecified atom stereocenters. The number of ether oxygens (including phenoxy) is 1. The standard InChI is InChI=1S/C16H16BrN3O3/c1-2-23-16(22)14-12-9-20(7-6-13(12)18-19-14)15(21)10-4-3-5-11(17)8-10/h3-5,8H,2,6-7,9H2,1H3,(H,18,19). The van der Waals surface area contributed by atoms with Gasteiger partial charge in [0.2, 0.25) is 0 Å². The van der Waals surface area contributed by atoms with E-state index >= 15 is 0 Å². The summed E-state index contributed by atoms with van der Waals surface area (Å²) in [5, 5.41) is 6.93. The third-order valence-corrected chi connectivity index (χ3v) is 4.25. The molecule has 1 N–H and O–H groups in total. The van der Waals surface area contributed by atoms with E-state index in [9.17, 15) is 9.59 Å². The molecule has 0 fully saturated rings. The number of carbonyl (C=O) groups is 2. The van der Waals surface area contributed by atoms with Gasteiger partial charge >= 0.3 is 5.97 Å². The van der Waals surface area contributed by atoms with Crippen molar-refractivity contribution in [2.45, 2.75) is 19.9 Å². The first kappa shape index (κ1) is 15.7. The van der Waals surface area contributed by atoms with Crippen molar-refractivity contribution in [1.82, 2.24) is 15.1 Å². The van der Waals surface area contributed by atoms with Crippen LogP contribution in [-0.2, 0) is 17.7 Å². The number of aromatic nitrogens is 2. The molecule has 0 bridgehead atoms. The SMILES string of the molecule is CCOC(=O)c1n[nH]c2c1CN(C(=O)c1cccc(Br)c1)CC2. The highest BCUT2D eigenvalue weighted by atomic mass is 79.9. The van der Waals surface area contributed by atoms with Gasteiger partial charge in [-0.15, -0.1) is 0 Å². The van der Waals surface area contributed by atoms with Crippen LogP contribution in [0, 0.1) is 0 Å². The number of aromatic amines is 1. The number of hydrogen-bond acceptors (Lipinski definition) is 4. The number of carbonyl (C=O) groups excluding carboxylic acids is 2. The van der Waals surface area contributed by atoms with Crippen LogP contribution in [0.1, 0.15) is 39.0 Å². The van der Waals surface area contributed by atoms with Crippen LogP contribution in [0.5, 0.6) is 0 Å². The fourth-order valence-corrected chi connectivity index (χ4v) is 3.04. The number of hydrogen-bond donors (Lipinski definition) is 1. The Labute approximate surface area is 141 Å². The van der Waals surface area contributed by atoms with Crippen LogP contribution in [0.25, 0.3) is 0 Å². The van der Waals surface area contributed by atoms with E-state index in [4.69, 9.17) is 4.74 Å². The van der Waals surface area contributed by atoms with E-state index in [0.29, 0.717) is 31.7 Å². The summed E-state index contributed by atoms with van der Waals surface area (Å²) in [7, 11) is 0. The lowest BCUT2D eigenvalue weighted by molar-refractivity contribution is 0.0513. The molecule has 2 aromatic rings. The molecular formula is C16H16BrN3O3. The van der Waals surface area contributed by atoms with E-state index in [1.807, 2.05) is 12.1 Å². The Kier molecular flexibility index (Phi) is 4.47. The lowest BCUT2D eigenvalue weighted by atomic mass is 10.0. The van der Waals surface area contributed by atoms with Crippen LogP contribution in [0.15, 0.2) is 28.7 Å². The Hall–Kier alpha value is -2.15. The molecular weight excluding hydrogens is 362 g/mol. The molecule has 0 radical (unpaired) electrons. The molecule has 3 rings (SSSR count). The van der Waals surface area contributed by atoms with Crippen LogP contribution >= 0.6 is 15.9 Å². The zero-order valence-electron chi connectivity index (χ0n) is 12.6. The monoisotopic (exact) mass is 377 g/mol. The molecule has 0 saturated carbocycles. The number of H-pyrrole nitrogens is 1. The van der Waals surface area contributed by atoms with E-state index < -0.39 is 5.97 Å². The fourth-order valence-electron chi connectivity index (χ4n) is 2.64. The van der Waals surface area contributed by atoms with E-state index in [-0.39, 0.29) is 11.6 Å². The smallest absolute Gasteiger partial charge is 0.359 e. The first-order valence-corrected chi connectivity index (χ1v) is 8.17. The Bertz CT molecular complexity index is 757. The number of fused-ring (bicyclic) bond motifs is 1. The molecule has 6 nitrogen and oxygen atoms in total. The first-order chi connectivity index (χ1) is 11.1. The first-order valence-electron chi connectivity index (χ1n) is 7.38. The predicted octanol–water partition coefficient (Wildman–Crippen LogP) is 2.55. The van der Waals surface area contributed by atoms with Crippen molar-refractivity contribution >= 4 is 27.8 Å². The second-order valence-electron chi connectivity index (χ2n) is 5.24. The molecule has 0 saturated heterocycles. The highest BCUT2D eigenvalue weighted by molar-refractivity contribution is 9.10. The Morgan fingerprint density at radius 2 is 2.26 bits per heavy atom. The minimum Gasteiger partial charge on any atom is -0.461 e. The summed E-state index contributed by atoms with van der Waals surface area (Å²) in [5.41, 5.74) is 2.53. The Morgan fingerprint density at radius 3 is 3.00 bits per heavy atom. The van der Waals surface area contributed by atoms with Gasteiger partial charge in [-0.2, -0.15) is 5.10 Å². The predicted molar refractivity (Wildman–Crippen MR) is 87.1 cm³/mol. The van der Waals surface area contributed by atoms with Gasteiger partial charge in [-0.25, -0.2) is 4.79 Å². The van der Waals surface area contributed by atoms with Crippen molar-refractivity contribution in [3.8, 4) is 0 Å². The lowest BCUT2D eigenvalue weighted by Gasteiger charge is -2.27. The van der Waals surface area contributed by atoms with E-state index in [0.717, 1.165) is 15.7 Å². The molecule has 23 heavy (non-hydrogen) atoms. The van der Waals surface area contributed by atoms with Crippen molar-refractivity contribution in [3.63, 3.8) is 0 Å². The molecule has 1 aromatic heterocycles. The zero-order chi connectivity index (χ0) is 16.4. The van der Waals surface area contributed by atoms with Crippen LogP contribution in [0.2, 0.25) is 0 Å². The summed E-state index contributed by atoms with van der Waals surface area (Å²) in [6.45, 7) is 2.98. The van der Waals surface area contributed by atoms with Crippen LogP contribution in [0.4, 0.5) is 0 Å². The topological polar surface area (TPSA) is 75.3 Å². The number of nitrogens with zero attached hydrogens (tertiary/aromatic N) is 2. The van der Waals surface area contributed by atoms with Gasteiger partial charge in [0.05, 0.1) is 13.2 Å². The van der Waals surface area contributed by atoms with Gasteiger partial charge in [0.25, 0.3) is 5.91 Å². The largest absolute Gasteiger partial charge is 0.461 e. The molecule has 1 aliphatic heterocycles. The van der Waals surface area contributed by atoms with Crippen LogP contribution < -0.4 is 0 Å². The number of amides is 1. The van der Waals surface area contributed by atoms with Crippen molar-refractivity contribution in [2.24, 2.45) is 0 Å². The molecule has 1 aliphatic rings. The minimum atomic E-state index is -0.457. The van der Waals surface area contributed by atoms with Gasteiger partial charge in [0.15, 0.2) is 5.69 Å². The maximum absolute atomic E-state index is 12.6. The molecule has 0 atom stereocenters. The molecule has 120 valence electrons. The van der Waals surface area contributed by atoms with Crippen molar-refractivity contribution in [3.05, 3.63) is 51.3 Å². The number of benzene rings is 1. The lowest BCUT2D eigenvalue weighted by Crippen LogP contribution is -2.36. The average Bonchev–Trinajstić information content (AvgIpc) is 2.97. The quantitative estimate of drug-likeness (QED) is 0.833. The third kappa shape index (κ3) is 3.14. The maximum Gasteiger partial charge on any atom is 0.359 e. The summed E-state index contributed by atoms with van der Waals surface area (Å²) in [6.07, 6.45) is 0.640. The number of rotatable bonds is 3. The van der Waals surface area contributed by atoms with Crippen LogP contribution in [0.3, 0.4) is 0 Å². The third-order valence-electron chi connectivity index (χ3n) is 3.76. The summed E-state index contributed by atoms with van der Waals surface area (Å²) in [5.74, 6) is -0.519. The number of halogens is 1. The van der Waals surface area contributed by atoms with Crippen molar-refractivity contribution in [1.29, 1.82) is 0 Å². The van der Waals surface area contributed by atoms with Crippen molar-refractivity contribution < 1.29 is 14.3 Å². The summed E-state index contributed by atoms with van der Waals surface area (Å²) in [6, 6.07) is 7.28. The number of esters is 1. The van der Waals surface area contributed by atoms with Gasteiger partial charge < -0.3 is 9.64 Å². The summed E-state index contributed by atoms with van der Waals surface area (Å²) >= 11 is 3.38. The normalized spacial score (nSPS) is 13.6. The maximum atomic E-state index is 12.6. The van der Waals surface area contributed by atoms with Crippen molar-refractivity contribution in [2.75, 3.05) is 13.2 Å². The molecule has 2 heterocycles.